The van der Waals surface area contributed by atoms with Crippen LogP contribution in [0, 0.1) is 13.8 Å². The highest BCUT2D eigenvalue weighted by atomic mass is 35.5. The third kappa shape index (κ3) is 3.46. The first-order valence-corrected chi connectivity index (χ1v) is 7.98. The van der Waals surface area contributed by atoms with Gasteiger partial charge in [0, 0.05) is 5.02 Å². The van der Waals surface area contributed by atoms with Crippen molar-refractivity contribution >= 4 is 41.2 Å². The first-order chi connectivity index (χ1) is 11.8. The van der Waals surface area contributed by atoms with Gasteiger partial charge in [-0.1, -0.05) is 29.8 Å². The maximum Gasteiger partial charge on any atom is 0.335 e. The summed E-state index contributed by atoms with van der Waals surface area (Å²) in [7, 11) is 0. The molecule has 126 valence electrons. The number of rotatable bonds is 2. The van der Waals surface area contributed by atoms with Crippen molar-refractivity contribution in [2.45, 2.75) is 13.8 Å². The highest BCUT2D eigenvalue weighted by Gasteiger charge is 2.36. The predicted octanol–water partition coefficient (Wildman–Crippen LogP) is 3.62. The molecule has 6 heteroatoms. The Balaban J connectivity index is 2.03. The number of benzene rings is 2. The van der Waals surface area contributed by atoms with Crippen LogP contribution >= 0.6 is 11.6 Å². The van der Waals surface area contributed by atoms with Crippen LogP contribution < -0.4 is 10.2 Å². The van der Waals surface area contributed by atoms with E-state index in [1.165, 1.54) is 6.08 Å². The highest BCUT2D eigenvalue weighted by molar-refractivity contribution is 6.39. The number of nitrogens with zero attached hydrogens (tertiary/aromatic N) is 1. The Bertz CT molecular complexity index is 897. The van der Waals surface area contributed by atoms with E-state index in [0.717, 1.165) is 16.0 Å². The Hall–Kier alpha value is -2.92. The van der Waals surface area contributed by atoms with Crippen LogP contribution in [-0.2, 0) is 9.59 Å². The maximum absolute atomic E-state index is 12.8. The molecule has 0 aliphatic carbocycles. The normalized spacial score (nSPS) is 16.4. The van der Waals surface area contributed by atoms with Crippen LogP contribution in [0.3, 0.4) is 0 Å². The number of imide groups is 2. The molecule has 0 aromatic heterocycles. The quantitative estimate of drug-likeness (QED) is 0.661. The summed E-state index contributed by atoms with van der Waals surface area (Å²) in [5.41, 5.74) is 2.78. The molecule has 2 aromatic rings. The zero-order chi connectivity index (χ0) is 18.1. The third-order valence-corrected chi connectivity index (χ3v) is 4.00. The first-order valence-electron chi connectivity index (χ1n) is 7.60. The van der Waals surface area contributed by atoms with Gasteiger partial charge in [0.15, 0.2) is 0 Å². The molecule has 2 aromatic carbocycles. The Kier molecular flexibility index (Phi) is 4.42. The molecule has 1 fully saturated rings. The summed E-state index contributed by atoms with van der Waals surface area (Å²) in [6, 6.07) is 11.3. The van der Waals surface area contributed by atoms with E-state index in [-0.39, 0.29) is 5.57 Å². The number of barbiturate groups is 1. The van der Waals surface area contributed by atoms with Gasteiger partial charge in [-0.2, -0.15) is 0 Å². The van der Waals surface area contributed by atoms with E-state index >= 15 is 0 Å². The van der Waals surface area contributed by atoms with E-state index < -0.39 is 17.8 Å². The van der Waals surface area contributed by atoms with Gasteiger partial charge in [0.2, 0.25) is 0 Å². The van der Waals surface area contributed by atoms with Crippen molar-refractivity contribution < 1.29 is 14.4 Å². The number of halogens is 1. The molecule has 25 heavy (non-hydrogen) atoms. The molecular formula is C19H15ClN2O3. The number of urea groups is 1. The molecule has 0 spiro atoms. The van der Waals surface area contributed by atoms with Crippen molar-refractivity contribution in [1.29, 1.82) is 0 Å². The Morgan fingerprint density at radius 1 is 0.960 bits per heavy atom. The summed E-state index contributed by atoms with van der Waals surface area (Å²) < 4.78 is 0. The average Bonchev–Trinajstić information content (AvgIpc) is 2.52. The summed E-state index contributed by atoms with van der Waals surface area (Å²) >= 11 is 5.84. The molecule has 3 rings (SSSR count). The van der Waals surface area contributed by atoms with Gasteiger partial charge in [-0.05, 0) is 60.9 Å². The third-order valence-electron chi connectivity index (χ3n) is 3.75. The summed E-state index contributed by atoms with van der Waals surface area (Å²) in [5.74, 6) is -1.38. The smallest absolute Gasteiger partial charge is 0.273 e. The zero-order valence-corrected chi connectivity index (χ0v) is 14.4. The lowest BCUT2D eigenvalue weighted by atomic mass is 10.1. The number of hydrogen-bond donors (Lipinski definition) is 1. The van der Waals surface area contributed by atoms with Crippen molar-refractivity contribution in [3.05, 3.63) is 69.8 Å². The SMILES string of the molecule is Cc1cc(C)cc(N2C(=O)NC(=O)/C(=C\c3ccc(Cl)cc3)C2=O)c1. The van der Waals surface area contributed by atoms with Crippen LogP contribution in [0.5, 0.6) is 0 Å². The molecular weight excluding hydrogens is 340 g/mol. The molecule has 1 saturated heterocycles. The number of carbonyl (C=O) groups excluding carboxylic acids is 3. The van der Waals surface area contributed by atoms with Gasteiger partial charge in [-0.3, -0.25) is 14.9 Å². The van der Waals surface area contributed by atoms with E-state index in [9.17, 15) is 14.4 Å². The summed E-state index contributed by atoms with van der Waals surface area (Å²) in [6.07, 6.45) is 1.44. The van der Waals surface area contributed by atoms with Gasteiger partial charge < -0.3 is 0 Å². The number of nitrogens with one attached hydrogen (secondary N) is 1. The van der Waals surface area contributed by atoms with Gasteiger partial charge in [-0.15, -0.1) is 0 Å². The van der Waals surface area contributed by atoms with E-state index in [4.69, 9.17) is 11.6 Å². The van der Waals surface area contributed by atoms with Crippen LogP contribution in [0.1, 0.15) is 16.7 Å². The fourth-order valence-electron chi connectivity index (χ4n) is 2.70. The van der Waals surface area contributed by atoms with E-state index in [1.54, 1.807) is 36.4 Å². The van der Waals surface area contributed by atoms with E-state index in [1.807, 2.05) is 19.9 Å². The Morgan fingerprint density at radius 3 is 2.16 bits per heavy atom. The largest absolute Gasteiger partial charge is 0.335 e. The van der Waals surface area contributed by atoms with Gasteiger partial charge in [-0.25, -0.2) is 9.69 Å². The Morgan fingerprint density at radius 2 is 1.56 bits per heavy atom. The van der Waals surface area contributed by atoms with Gasteiger partial charge in [0.25, 0.3) is 11.8 Å². The molecule has 0 unspecified atom stereocenters. The van der Waals surface area contributed by atoms with Crippen LogP contribution in [0.15, 0.2) is 48.0 Å². The van der Waals surface area contributed by atoms with Crippen LogP contribution in [0.25, 0.3) is 6.08 Å². The van der Waals surface area contributed by atoms with Gasteiger partial charge >= 0.3 is 6.03 Å². The van der Waals surface area contributed by atoms with Crippen molar-refractivity contribution in [3.63, 3.8) is 0 Å². The van der Waals surface area contributed by atoms with Crippen molar-refractivity contribution in [1.82, 2.24) is 5.32 Å². The molecule has 0 bridgehead atoms. The topological polar surface area (TPSA) is 66.5 Å². The Labute approximate surface area is 149 Å². The molecule has 1 heterocycles. The lowest BCUT2D eigenvalue weighted by Crippen LogP contribution is -2.54. The predicted molar refractivity (Wildman–Crippen MR) is 96.4 cm³/mol. The second kappa shape index (κ2) is 6.53. The number of carbonyl (C=O) groups is 3. The van der Waals surface area contributed by atoms with Gasteiger partial charge in [0.05, 0.1) is 5.69 Å². The minimum Gasteiger partial charge on any atom is -0.273 e. The second-order valence-corrected chi connectivity index (χ2v) is 6.29. The molecule has 0 saturated carbocycles. The fraction of sp³-hybridized carbons (Fsp3) is 0.105. The van der Waals surface area contributed by atoms with E-state index in [0.29, 0.717) is 16.3 Å². The molecule has 0 radical (unpaired) electrons. The minimum absolute atomic E-state index is 0.110. The zero-order valence-electron chi connectivity index (χ0n) is 13.7. The minimum atomic E-state index is -0.756. The van der Waals surface area contributed by atoms with E-state index in [2.05, 4.69) is 5.32 Å². The molecule has 1 aliphatic heterocycles. The van der Waals surface area contributed by atoms with Crippen molar-refractivity contribution in [2.75, 3.05) is 4.90 Å². The number of amides is 4. The summed E-state index contributed by atoms with van der Waals surface area (Å²) in [4.78, 5) is 38.1. The molecule has 4 amide bonds. The van der Waals surface area contributed by atoms with Gasteiger partial charge in [0.1, 0.15) is 5.57 Å². The van der Waals surface area contributed by atoms with Crippen LogP contribution in [-0.4, -0.2) is 17.8 Å². The second-order valence-electron chi connectivity index (χ2n) is 5.86. The number of aryl methyl sites for hydroxylation is 2. The average molecular weight is 355 g/mol. The number of anilines is 1. The molecule has 1 aliphatic rings. The first kappa shape index (κ1) is 16.9. The summed E-state index contributed by atoms with van der Waals surface area (Å²) in [5, 5.41) is 2.76. The monoisotopic (exact) mass is 354 g/mol. The molecule has 1 N–H and O–H groups in total. The summed E-state index contributed by atoms with van der Waals surface area (Å²) in [6.45, 7) is 3.75. The van der Waals surface area contributed by atoms with Crippen LogP contribution in [0.4, 0.5) is 10.5 Å². The molecule has 5 nitrogen and oxygen atoms in total. The highest BCUT2D eigenvalue weighted by Crippen LogP contribution is 2.24. The number of hydrogen-bond acceptors (Lipinski definition) is 3. The van der Waals surface area contributed by atoms with Crippen molar-refractivity contribution in [3.8, 4) is 0 Å². The standard InChI is InChI=1S/C19H15ClN2O3/c1-11-7-12(2)9-15(8-11)22-18(24)16(17(23)21-19(22)25)10-13-3-5-14(20)6-4-13/h3-10H,1-2H3,(H,21,23,25)/b16-10+. The fourth-order valence-corrected chi connectivity index (χ4v) is 2.82. The maximum atomic E-state index is 12.8. The lowest BCUT2D eigenvalue weighted by molar-refractivity contribution is -0.122. The van der Waals surface area contributed by atoms with Crippen LogP contribution in [0.2, 0.25) is 5.02 Å². The lowest BCUT2D eigenvalue weighted by Gasteiger charge is -2.27. The molecule has 0 atom stereocenters. The van der Waals surface area contributed by atoms with Crippen molar-refractivity contribution in [2.24, 2.45) is 0 Å².